The van der Waals surface area contributed by atoms with E-state index >= 15 is 0 Å². The lowest BCUT2D eigenvalue weighted by Gasteiger charge is -2.10. The molecule has 0 radical (unpaired) electrons. The third-order valence-corrected chi connectivity index (χ3v) is 4.38. The normalized spacial score (nSPS) is 10.2. The van der Waals surface area contributed by atoms with Gasteiger partial charge in [0, 0.05) is 16.3 Å². The van der Waals surface area contributed by atoms with E-state index in [0.29, 0.717) is 34.2 Å². The lowest BCUT2D eigenvalue weighted by Crippen LogP contribution is -2.18. The molecule has 0 unspecified atom stereocenters. The van der Waals surface area contributed by atoms with Crippen LogP contribution in [-0.4, -0.2) is 18.5 Å². The van der Waals surface area contributed by atoms with Gasteiger partial charge in [-0.3, -0.25) is 4.79 Å². The molecule has 0 spiro atoms. The van der Waals surface area contributed by atoms with Gasteiger partial charge in [0.1, 0.15) is 11.5 Å². The van der Waals surface area contributed by atoms with Gasteiger partial charge in [-0.1, -0.05) is 35.9 Å². The van der Waals surface area contributed by atoms with Crippen LogP contribution in [0.5, 0.6) is 11.5 Å². The maximum Gasteiger partial charge on any atom is 0.349 e. The first-order valence-electron chi connectivity index (χ1n) is 9.24. The summed E-state index contributed by atoms with van der Waals surface area (Å²) < 4.78 is 10.8. The summed E-state index contributed by atoms with van der Waals surface area (Å²) in [6.45, 7) is 3.48. The Balaban J connectivity index is 1.53. The molecule has 1 amide bonds. The lowest BCUT2D eigenvalue weighted by molar-refractivity contribution is -0.136. The van der Waals surface area contributed by atoms with Gasteiger partial charge in [-0.05, 0) is 66.6 Å². The van der Waals surface area contributed by atoms with E-state index in [4.69, 9.17) is 21.1 Å². The highest BCUT2D eigenvalue weighted by atomic mass is 35.5. The summed E-state index contributed by atoms with van der Waals surface area (Å²) in [5.74, 6) is 0.119. The quantitative estimate of drug-likeness (QED) is 0.304. The molecule has 0 aromatic heterocycles. The third kappa shape index (κ3) is 5.96. The fraction of sp³-hybridized carbons (Fsp3) is 0.0833. The smallest absolute Gasteiger partial charge is 0.349 e. The van der Waals surface area contributed by atoms with Gasteiger partial charge in [0.2, 0.25) is 0 Å². The Morgan fingerprint density at radius 2 is 1.67 bits per heavy atom. The Morgan fingerprint density at radius 1 is 0.967 bits per heavy atom. The van der Waals surface area contributed by atoms with Crippen LogP contribution in [0.25, 0.3) is 0 Å². The van der Waals surface area contributed by atoms with E-state index < -0.39 is 5.97 Å². The van der Waals surface area contributed by atoms with Crippen LogP contribution >= 0.6 is 11.6 Å². The SMILES string of the molecule is C=CCc1ccccc1OCC(=O)Oc1ccc(C(=O)Nc2ccc(Cl)cc2)cc1. The summed E-state index contributed by atoms with van der Waals surface area (Å²) in [4.78, 5) is 24.4. The maximum atomic E-state index is 12.3. The van der Waals surface area contributed by atoms with Crippen LogP contribution < -0.4 is 14.8 Å². The average Bonchev–Trinajstić information content (AvgIpc) is 2.75. The number of benzene rings is 3. The van der Waals surface area contributed by atoms with Crippen molar-refractivity contribution in [3.63, 3.8) is 0 Å². The Morgan fingerprint density at radius 3 is 2.37 bits per heavy atom. The summed E-state index contributed by atoms with van der Waals surface area (Å²) in [7, 11) is 0. The minimum Gasteiger partial charge on any atom is -0.482 e. The van der Waals surface area contributed by atoms with Crippen LogP contribution in [0.3, 0.4) is 0 Å². The average molecular weight is 422 g/mol. The molecule has 5 nitrogen and oxygen atoms in total. The van der Waals surface area contributed by atoms with Crippen LogP contribution in [0.4, 0.5) is 5.69 Å². The maximum absolute atomic E-state index is 12.3. The molecule has 30 heavy (non-hydrogen) atoms. The highest BCUT2D eigenvalue weighted by Crippen LogP contribution is 2.19. The molecule has 0 aliphatic rings. The largest absolute Gasteiger partial charge is 0.482 e. The number of amides is 1. The van der Waals surface area contributed by atoms with Crippen molar-refractivity contribution in [1.29, 1.82) is 0 Å². The van der Waals surface area contributed by atoms with Crippen molar-refractivity contribution < 1.29 is 19.1 Å². The molecule has 0 bridgehead atoms. The van der Waals surface area contributed by atoms with Crippen molar-refractivity contribution in [2.24, 2.45) is 0 Å². The van der Waals surface area contributed by atoms with Gasteiger partial charge >= 0.3 is 5.97 Å². The second kappa shape index (κ2) is 10.3. The van der Waals surface area contributed by atoms with Gasteiger partial charge < -0.3 is 14.8 Å². The van der Waals surface area contributed by atoms with E-state index in [2.05, 4.69) is 11.9 Å². The monoisotopic (exact) mass is 421 g/mol. The molecule has 1 N–H and O–H groups in total. The molecular formula is C24H20ClNO4. The molecule has 0 fully saturated rings. The molecule has 0 saturated carbocycles. The molecule has 3 aromatic rings. The summed E-state index contributed by atoms with van der Waals surface area (Å²) in [5, 5.41) is 3.36. The topological polar surface area (TPSA) is 64.6 Å². The van der Waals surface area contributed by atoms with Crippen LogP contribution in [0.1, 0.15) is 15.9 Å². The standard InChI is InChI=1S/C24H20ClNO4/c1-2-5-17-6-3-4-7-22(17)29-16-23(27)30-21-14-8-18(9-15-21)24(28)26-20-12-10-19(25)11-13-20/h2-4,6-15H,1,5,16H2,(H,26,28). The van der Waals surface area contributed by atoms with Gasteiger partial charge in [-0.25, -0.2) is 4.79 Å². The van der Waals surface area contributed by atoms with E-state index in [-0.39, 0.29) is 12.5 Å². The van der Waals surface area contributed by atoms with Crippen LogP contribution in [0, 0.1) is 0 Å². The molecule has 0 saturated heterocycles. The number of para-hydroxylation sites is 1. The van der Waals surface area contributed by atoms with Gasteiger partial charge in [-0.2, -0.15) is 0 Å². The summed E-state index contributed by atoms with van der Waals surface area (Å²) >= 11 is 5.84. The van der Waals surface area contributed by atoms with E-state index in [9.17, 15) is 9.59 Å². The van der Waals surface area contributed by atoms with E-state index in [1.54, 1.807) is 60.7 Å². The fourth-order valence-electron chi connectivity index (χ4n) is 2.68. The number of anilines is 1. The second-order valence-corrected chi connectivity index (χ2v) is 6.79. The Labute approximate surface area is 179 Å². The second-order valence-electron chi connectivity index (χ2n) is 6.35. The van der Waals surface area contributed by atoms with Crippen molar-refractivity contribution in [2.45, 2.75) is 6.42 Å². The number of hydrogen-bond donors (Lipinski definition) is 1. The van der Waals surface area contributed by atoms with Crippen LogP contribution in [-0.2, 0) is 11.2 Å². The first-order valence-corrected chi connectivity index (χ1v) is 9.62. The Kier molecular flexibility index (Phi) is 7.24. The zero-order valence-corrected chi connectivity index (χ0v) is 16.9. The molecule has 0 aliphatic carbocycles. The van der Waals surface area contributed by atoms with Crippen LogP contribution in [0.15, 0.2) is 85.5 Å². The number of esters is 1. The lowest BCUT2D eigenvalue weighted by atomic mass is 10.1. The zero-order chi connectivity index (χ0) is 21.3. The number of nitrogens with one attached hydrogen (secondary N) is 1. The number of hydrogen-bond acceptors (Lipinski definition) is 4. The van der Waals surface area contributed by atoms with Crippen molar-refractivity contribution in [2.75, 3.05) is 11.9 Å². The van der Waals surface area contributed by atoms with Gasteiger partial charge in [-0.15, -0.1) is 6.58 Å². The number of halogens is 1. The van der Waals surface area contributed by atoms with Crippen molar-refractivity contribution in [3.05, 3.63) is 102 Å². The zero-order valence-electron chi connectivity index (χ0n) is 16.1. The summed E-state index contributed by atoms with van der Waals surface area (Å²) in [5.41, 5.74) is 2.00. The highest BCUT2D eigenvalue weighted by molar-refractivity contribution is 6.30. The first kappa shape index (κ1) is 21.1. The number of carbonyl (C=O) groups excluding carboxylic acids is 2. The molecule has 3 aromatic carbocycles. The van der Waals surface area contributed by atoms with Crippen molar-refractivity contribution in [3.8, 4) is 11.5 Å². The Bertz CT molecular complexity index is 1030. The van der Waals surface area contributed by atoms with E-state index in [0.717, 1.165) is 5.56 Å². The minimum absolute atomic E-state index is 0.229. The summed E-state index contributed by atoms with van der Waals surface area (Å²) in [6.07, 6.45) is 2.41. The predicted molar refractivity (Wildman–Crippen MR) is 117 cm³/mol. The molecule has 0 aliphatic heterocycles. The van der Waals surface area contributed by atoms with Crippen molar-refractivity contribution in [1.82, 2.24) is 0 Å². The summed E-state index contributed by atoms with van der Waals surface area (Å²) in [6, 6.07) is 20.5. The number of allylic oxidation sites excluding steroid dienone is 1. The predicted octanol–water partition coefficient (Wildman–Crippen LogP) is 5.31. The fourth-order valence-corrected chi connectivity index (χ4v) is 2.80. The van der Waals surface area contributed by atoms with Gasteiger partial charge in [0.15, 0.2) is 6.61 Å². The number of carbonyl (C=O) groups is 2. The molecule has 152 valence electrons. The van der Waals surface area contributed by atoms with Crippen molar-refractivity contribution >= 4 is 29.2 Å². The minimum atomic E-state index is -0.540. The third-order valence-electron chi connectivity index (χ3n) is 4.13. The van der Waals surface area contributed by atoms with Crippen LogP contribution in [0.2, 0.25) is 5.02 Å². The number of ether oxygens (including phenoxy) is 2. The molecule has 0 heterocycles. The molecule has 6 heteroatoms. The van der Waals surface area contributed by atoms with E-state index in [1.165, 1.54) is 0 Å². The molecule has 3 rings (SSSR count). The molecule has 0 atom stereocenters. The molecular weight excluding hydrogens is 402 g/mol. The number of rotatable bonds is 8. The van der Waals surface area contributed by atoms with Gasteiger partial charge in [0.05, 0.1) is 0 Å². The highest BCUT2D eigenvalue weighted by Gasteiger charge is 2.10. The van der Waals surface area contributed by atoms with Gasteiger partial charge in [0.25, 0.3) is 5.91 Å². The van der Waals surface area contributed by atoms with E-state index in [1.807, 2.05) is 18.2 Å². The Hall–Kier alpha value is -3.57. The first-order chi connectivity index (χ1) is 14.5.